The van der Waals surface area contributed by atoms with Gasteiger partial charge in [0.1, 0.15) is 28.9 Å². The topological polar surface area (TPSA) is 137 Å². The zero-order valence-electron chi connectivity index (χ0n) is 23.0. The quantitative estimate of drug-likeness (QED) is 0.279. The Labute approximate surface area is 234 Å². The number of alkyl halides is 3. The molecule has 3 heterocycles. The Morgan fingerprint density at radius 3 is 2.68 bits per heavy atom. The lowest BCUT2D eigenvalue weighted by molar-refractivity contribution is -0.180. The SMILES string of the molecule is CCC1(OC(=O)CCN)C(=O)OCC2=C1Cc1nc3n(c1=C2O)Cc1c(cc(O)cc1[Si](C)(C)CCC(F)(F)F)C=3. The number of esters is 2. The molecule has 1 aromatic carbocycles. The lowest BCUT2D eigenvalue weighted by Gasteiger charge is -2.38. The van der Waals surface area contributed by atoms with Crippen LogP contribution in [-0.4, -0.2) is 64.7 Å². The highest BCUT2D eigenvalue weighted by molar-refractivity contribution is 6.90. The summed E-state index contributed by atoms with van der Waals surface area (Å²) in [6, 6.07) is 3.07. The molecule has 0 saturated carbocycles. The molecular formula is C28H32F3N3O6Si. The van der Waals surface area contributed by atoms with Gasteiger partial charge in [-0.2, -0.15) is 13.2 Å². The number of hydrogen-bond acceptors (Lipinski definition) is 8. The summed E-state index contributed by atoms with van der Waals surface area (Å²) in [5.74, 6) is -1.59. The van der Waals surface area contributed by atoms with Gasteiger partial charge >= 0.3 is 18.1 Å². The molecule has 41 heavy (non-hydrogen) atoms. The van der Waals surface area contributed by atoms with Crippen LogP contribution in [0.3, 0.4) is 0 Å². The normalized spacial score (nSPS) is 20.0. The zero-order valence-corrected chi connectivity index (χ0v) is 24.0. The third-order valence-corrected chi connectivity index (χ3v) is 11.6. The van der Waals surface area contributed by atoms with Crippen molar-refractivity contribution in [1.82, 2.24) is 9.55 Å². The van der Waals surface area contributed by atoms with E-state index in [1.807, 2.05) is 13.1 Å². The first-order valence-corrected chi connectivity index (χ1v) is 16.7. The van der Waals surface area contributed by atoms with Gasteiger partial charge in [-0.3, -0.25) is 4.79 Å². The maximum atomic E-state index is 13.1. The van der Waals surface area contributed by atoms with Crippen molar-refractivity contribution in [3.8, 4) is 5.75 Å². The summed E-state index contributed by atoms with van der Waals surface area (Å²) >= 11 is 0. The van der Waals surface area contributed by atoms with Crippen LogP contribution >= 0.6 is 0 Å². The fourth-order valence-corrected chi connectivity index (χ4v) is 8.79. The summed E-state index contributed by atoms with van der Waals surface area (Å²) in [6.45, 7) is 5.42. The minimum Gasteiger partial charge on any atom is -0.508 e. The van der Waals surface area contributed by atoms with Crippen molar-refractivity contribution >= 4 is 37.0 Å². The number of imidazole rings is 1. The predicted octanol–water partition coefficient (Wildman–Crippen LogP) is 1.76. The number of carbonyl (C=O) groups excluding carboxylic acids is 2. The van der Waals surface area contributed by atoms with Gasteiger partial charge in [0, 0.05) is 30.5 Å². The molecule has 13 heteroatoms. The second kappa shape index (κ2) is 10.1. The number of nitrogens with zero attached hydrogens (tertiary/aromatic N) is 2. The molecule has 3 aliphatic rings. The van der Waals surface area contributed by atoms with Gasteiger partial charge in [-0.05, 0) is 41.8 Å². The molecular weight excluding hydrogens is 559 g/mol. The third kappa shape index (κ3) is 4.94. The van der Waals surface area contributed by atoms with Crippen LogP contribution in [0, 0.1) is 0 Å². The molecule has 0 fully saturated rings. The van der Waals surface area contributed by atoms with E-state index < -0.39 is 38.2 Å². The summed E-state index contributed by atoms with van der Waals surface area (Å²) in [7, 11) is -2.66. The Hall–Kier alpha value is -3.58. The van der Waals surface area contributed by atoms with E-state index in [0.29, 0.717) is 38.4 Å². The molecule has 1 atom stereocenters. The van der Waals surface area contributed by atoms with E-state index in [1.54, 1.807) is 29.7 Å². The fraction of sp³-hybridized carbons (Fsp3) is 0.464. The standard InChI is InChI=1S/C28H32F3N3O6Si/c1-4-27(40-23(36)5-7-32)19-12-20-24(25(37)18(19)14-39-26(27)38)34-13-17-15(10-22(34)33-20)9-16(35)11-21(17)41(2,3)8-6-28(29,30)31/h9-11,35,37H,4-8,12-14,32H2,1-3H3. The first-order chi connectivity index (χ1) is 19.2. The smallest absolute Gasteiger partial charge is 0.388 e. The Bertz CT molecular complexity index is 1610. The first-order valence-electron chi connectivity index (χ1n) is 13.5. The van der Waals surface area contributed by atoms with Crippen LogP contribution in [0.2, 0.25) is 19.1 Å². The second-order valence-corrected chi connectivity index (χ2v) is 16.1. The van der Waals surface area contributed by atoms with Crippen LogP contribution in [0.4, 0.5) is 13.2 Å². The summed E-state index contributed by atoms with van der Waals surface area (Å²) < 4.78 is 52.2. The number of hydrogen-bond donors (Lipinski definition) is 3. The number of aliphatic hydroxyl groups excluding tert-OH is 1. The molecule has 1 aromatic heterocycles. The van der Waals surface area contributed by atoms with E-state index in [4.69, 9.17) is 20.2 Å². The molecule has 0 radical (unpaired) electrons. The van der Waals surface area contributed by atoms with Crippen LogP contribution in [0.25, 0.3) is 11.8 Å². The van der Waals surface area contributed by atoms with E-state index in [2.05, 4.69) is 0 Å². The van der Waals surface area contributed by atoms with Crippen LogP contribution in [0.15, 0.2) is 23.3 Å². The molecule has 0 bridgehead atoms. The molecule has 2 aromatic rings. The number of aromatic nitrogens is 2. The van der Waals surface area contributed by atoms with Gasteiger partial charge in [0.05, 0.1) is 26.7 Å². The summed E-state index contributed by atoms with van der Waals surface area (Å²) in [6.07, 6.45) is -3.37. The van der Waals surface area contributed by atoms with Crippen molar-refractivity contribution in [2.75, 3.05) is 13.2 Å². The molecule has 1 unspecified atom stereocenters. The minimum atomic E-state index is -4.29. The molecule has 0 spiro atoms. The third-order valence-electron chi connectivity index (χ3n) is 8.22. The number of cyclic esters (lactones) is 1. The highest BCUT2D eigenvalue weighted by atomic mass is 28.3. The maximum absolute atomic E-state index is 13.1. The summed E-state index contributed by atoms with van der Waals surface area (Å²) in [4.78, 5) is 30.2. The van der Waals surface area contributed by atoms with Crippen LogP contribution in [0.1, 0.15) is 43.0 Å². The van der Waals surface area contributed by atoms with Crippen molar-refractivity contribution < 1.29 is 42.4 Å². The van der Waals surface area contributed by atoms with Gasteiger partial charge in [-0.1, -0.05) is 25.2 Å². The van der Waals surface area contributed by atoms with Crippen molar-refractivity contribution in [1.29, 1.82) is 0 Å². The number of nitrogens with two attached hydrogens (primary N) is 1. The number of phenols is 1. The fourth-order valence-electron chi connectivity index (χ4n) is 6.03. The van der Waals surface area contributed by atoms with Gasteiger partial charge in [-0.15, -0.1) is 0 Å². The second-order valence-electron chi connectivity index (χ2n) is 11.3. The lowest BCUT2D eigenvalue weighted by Crippen LogP contribution is -2.52. The molecule has 5 rings (SSSR count). The Balaban J connectivity index is 1.62. The lowest BCUT2D eigenvalue weighted by atomic mass is 9.79. The number of aromatic hydroxyl groups is 1. The molecule has 220 valence electrons. The number of aliphatic hydroxyl groups is 1. The van der Waals surface area contributed by atoms with Gasteiger partial charge < -0.3 is 30.0 Å². The van der Waals surface area contributed by atoms with E-state index in [1.165, 1.54) is 0 Å². The van der Waals surface area contributed by atoms with Gasteiger partial charge in [-0.25, -0.2) is 9.78 Å². The van der Waals surface area contributed by atoms with E-state index in [9.17, 15) is 33.0 Å². The van der Waals surface area contributed by atoms with Crippen molar-refractivity contribution in [2.24, 2.45) is 5.73 Å². The molecule has 0 saturated heterocycles. The number of rotatable bonds is 7. The number of ether oxygens (including phenoxy) is 2. The maximum Gasteiger partial charge on any atom is 0.388 e. The largest absolute Gasteiger partial charge is 0.508 e. The number of phenolic OH excluding ortho intramolecular Hbond substituents is 1. The molecule has 9 nitrogen and oxygen atoms in total. The van der Waals surface area contributed by atoms with Crippen LogP contribution in [0.5, 0.6) is 5.75 Å². The van der Waals surface area contributed by atoms with Gasteiger partial charge in [0.25, 0.3) is 0 Å². The highest BCUT2D eigenvalue weighted by Gasteiger charge is 2.52. The first kappa shape index (κ1) is 28.9. The van der Waals surface area contributed by atoms with Crippen LogP contribution in [-0.2, 0) is 32.0 Å². The minimum absolute atomic E-state index is 0.0394. The molecule has 4 N–H and O–H groups in total. The monoisotopic (exact) mass is 591 g/mol. The van der Waals surface area contributed by atoms with E-state index in [0.717, 1.165) is 5.56 Å². The highest BCUT2D eigenvalue weighted by Crippen LogP contribution is 2.39. The number of halogens is 3. The van der Waals surface area contributed by atoms with Crippen molar-refractivity contribution in [3.63, 3.8) is 0 Å². The predicted molar refractivity (Wildman–Crippen MR) is 145 cm³/mol. The van der Waals surface area contributed by atoms with Gasteiger partial charge in [0.2, 0.25) is 5.60 Å². The van der Waals surface area contributed by atoms with Crippen molar-refractivity contribution in [3.05, 3.63) is 50.9 Å². The molecule has 2 aliphatic heterocycles. The molecule has 1 aliphatic carbocycles. The number of carbonyl (C=O) groups is 2. The summed E-state index contributed by atoms with van der Waals surface area (Å²) in [5.41, 5.74) is 6.86. The number of benzene rings is 1. The van der Waals surface area contributed by atoms with Crippen LogP contribution < -0.4 is 21.7 Å². The Morgan fingerprint density at radius 2 is 2.02 bits per heavy atom. The average Bonchev–Trinajstić information content (AvgIpc) is 3.25. The van der Waals surface area contributed by atoms with Crippen molar-refractivity contribution in [2.45, 2.75) is 70.1 Å². The number of fused-ring (bicyclic) bond motifs is 4. The van der Waals surface area contributed by atoms with E-state index in [-0.39, 0.29) is 56.5 Å². The molecule has 0 amide bonds. The Morgan fingerprint density at radius 1 is 1.29 bits per heavy atom. The Kier molecular flexibility index (Phi) is 7.09. The van der Waals surface area contributed by atoms with E-state index >= 15 is 0 Å². The zero-order chi connectivity index (χ0) is 29.9. The van der Waals surface area contributed by atoms with Gasteiger partial charge in [0.15, 0.2) is 0 Å². The summed E-state index contributed by atoms with van der Waals surface area (Å²) in [5, 5.41) is 23.1. The average molecular weight is 592 g/mol.